The van der Waals surface area contributed by atoms with Crippen LogP contribution < -0.4 is 0 Å². The Morgan fingerprint density at radius 2 is 1.94 bits per heavy atom. The number of hydrogen-bond donors (Lipinski definition) is 1. The van der Waals surface area contributed by atoms with Crippen LogP contribution in [-0.2, 0) is 14.9 Å². The lowest BCUT2D eigenvalue weighted by Crippen LogP contribution is -2.45. The Balaban J connectivity index is 2.42. The first-order chi connectivity index (χ1) is 8.71. The van der Waals surface area contributed by atoms with Gasteiger partial charge in [0.25, 0.3) is 0 Å². The maximum atomic E-state index is 11.9. The molecule has 3 heteroatoms. The van der Waals surface area contributed by atoms with Crippen molar-refractivity contribution in [2.75, 3.05) is 13.2 Å². The topological polar surface area (TPSA) is 46.5 Å². The van der Waals surface area contributed by atoms with E-state index in [1.54, 1.807) is 0 Å². The number of carboxylic acids is 1. The summed E-state index contributed by atoms with van der Waals surface area (Å²) in [6.07, 6.45) is 2.28. The predicted molar refractivity (Wildman–Crippen MR) is 69.6 cm³/mol. The van der Waals surface area contributed by atoms with E-state index in [4.69, 9.17) is 4.74 Å². The summed E-state index contributed by atoms with van der Waals surface area (Å²) in [6.45, 7) is 3.32. The largest absolute Gasteiger partial charge is 0.481 e. The van der Waals surface area contributed by atoms with Crippen molar-refractivity contribution in [3.63, 3.8) is 0 Å². The normalized spacial score (nSPS) is 20.3. The number of aliphatic carboxylic acids is 1. The van der Waals surface area contributed by atoms with Gasteiger partial charge in [-0.3, -0.25) is 4.79 Å². The molecule has 2 rings (SSSR count). The molecule has 0 bridgehead atoms. The van der Waals surface area contributed by atoms with Crippen LogP contribution in [0.2, 0.25) is 0 Å². The summed E-state index contributed by atoms with van der Waals surface area (Å²) in [7, 11) is 0. The Hall–Kier alpha value is -1.35. The van der Waals surface area contributed by atoms with Gasteiger partial charge in [-0.1, -0.05) is 37.3 Å². The molecule has 0 saturated carbocycles. The second-order valence-electron chi connectivity index (χ2n) is 4.88. The third kappa shape index (κ3) is 2.15. The number of hydrogen-bond acceptors (Lipinski definition) is 2. The van der Waals surface area contributed by atoms with Crippen LogP contribution in [0.1, 0.15) is 31.7 Å². The van der Waals surface area contributed by atoms with Gasteiger partial charge in [-0.2, -0.15) is 0 Å². The van der Waals surface area contributed by atoms with Gasteiger partial charge in [0, 0.05) is 13.2 Å². The Labute approximate surface area is 108 Å². The zero-order valence-corrected chi connectivity index (χ0v) is 10.8. The number of ether oxygens (including phenoxy) is 1. The third-order valence-electron chi connectivity index (χ3n) is 4.15. The van der Waals surface area contributed by atoms with E-state index >= 15 is 0 Å². The van der Waals surface area contributed by atoms with Crippen LogP contribution in [0.15, 0.2) is 30.3 Å². The summed E-state index contributed by atoms with van der Waals surface area (Å²) in [4.78, 5) is 11.9. The molecule has 0 spiro atoms. The molecule has 0 aliphatic carbocycles. The Kier molecular flexibility index (Phi) is 4.02. The van der Waals surface area contributed by atoms with Gasteiger partial charge in [-0.25, -0.2) is 0 Å². The van der Waals surface area contributed by atoms with Crippen LogP contribution in [0, 0.1) is 5.92 Å². The number of carbonyl (C=O) groups is 1. The van der Waals surface area contributed by atoms with Crippen LogP contribution in [0.25, 0.3) is 0 Å². The lowest BCUT2D eigenvalue weighted by atomic mass is 9.65. The van der Waals surface area contributed by atoms with Gasteiger partial charge in [0.05, 0.1) is 5.41 Å². The molecule has 1 unspecified atom stereocenters. The molecule has 1 aromatic rings. The molecule has 1 aliphatic rings. The smallest absolute Gasteiger partial charge is 0.314 e. The summed E-state index contributed by atoms with van der Waals surface area (Å²) >= 11 is 0. The van der Waals surface area contributed by atoms with Gasteiger partial charge in [-0.05, 0) is 30.7 Å². The highest BCUT2D eigenvalue weighted by molar-refractivity contribution is 5.81. The van der Waals surface area contributed by atoms with Crippen molar-refractivity contribution >= 4 is 5.97 Å². The monoisotopic (exact) mass is 248 g/mol. The van der Waals surface area contributed by atoms with E-state index in [9.17, 15) is 9.90 Å². The molecule has 0 amide bonds. The van der Waals surface area contributed by atoms with Gasteiger partial charge in [0.1, 0.15) is 0 Å². The Morgan fingerprint density at radius 1 is 1.33 bits per heavy atom. The van der Waals surface area contributed by atoms with E-state index in [0.29, 0.717) is 19.6 Å². The number of rotatable bonds is 4. The zero-order valence-electron chi connectivity index (χ0n) is 10.8. The first-order valence-electron chi connectivity index (χ1n) is 6.58. The van der Waals surface area contributed by atoms with Crippen LogP contribution in [0.3, 0.4) is 0 Å². The summed E-state index contributed by atoms with van der Waals surface area (Å²) in [5.41, 5.74) is 0.164. The molecule has 0 aromatic heterocycles. The molecular formula is C15H20O3. The summed E-state index contributed by atoms with van der Waals surface area (Å²) in [5.74, 6) is -0.542. The SMILES string of the molecule is CCC(C(=O)O)(c1ccccc1)C1CCOCC1. The molecular weight excluding hydrogens is 228 g/mol. The van der Waals surface area contributed by atoms with Crippen molar-refractivity contribution in [2.24, 2.45) is 5.92 Å². The fourth-order valence-electron chi connectivity index (χ4n) is 3.10. The lowest BCUT2D eigenvalue weighted by molar-refractivity contribution is -0.148. The molecule has 0 radical (unpaired) electrons. The average Bonchev–Trinajstić information content (AvgIpc) is 2.42. The van der Waals surface area contributed by atoms with Crippen LogP contribution >= 0.6 is 0 Å². The van der Waals surface area contributed by atoms with Gasteiger partial charge < -0.3 is 9.84 Å². The second kappa shape index (κ2) is 5.53. The Morgan fingerprint density at radius 3 is 2.44 bits per heavy atom. The molecule has 18 heavy (non-hydrogen) atoms. The summed E-state index contributed by atoms with van der Waals surface area (Å²) in [6, 6.07) is 9.64. The van der Waals surface area contributed by atoms with Gasteiger partial charge in [0.2, 0.25) is 0 Å². The van der Waals surface area contributed by atoms with Gasteiger partial charge in [0.15, 0.2) is 0 Å². The fourth-order valence-corrected chi connectivity index (χ4v) is 3.10. The highest BCUT2D eigenvalue weighted by Gasteiger charge is 2.46. The maximum Gasteiger partial charge on any atom is 0.314 e. The van der Waals surface area contributed by atoms with Crippen LogP contribution in [0.4, 0.5) is 0 Å². The molecule has 1 atom stereocenters. The minimum absolute atomic E-state index is 0.163. The number of benzene rings is 1. The quantitative estimate of drug-likeness (QED) is 0.891. The zero-order chi connectivity index (χ0) is 13.0. The molecule has 1 saturated heterocycles. The molecule has 1 aromatic carbocycles. The highest BCUT2D eigenvalue weighted by atomic mass is 16.5. The van der Waals surface area contributed by atoms with E-state index in [2.05, 4.69) is 0 Å². The van der Waals surface area contributed by atoms with E-state index < -0.39 is 11.4 Å². The third-order valence-corrected chi connectivity index (χ3v) is 4.15. The summed E-state index contributed by atoms with van der Waals surface area (Å²) in [5, 5.41) is 9.79. The molecule has 1 heterocycles. The summed E-state index contributed by atoms with van der Waals surface area (Å²) < 4.78 is 5.36. The van der Waals surface area contributed by atoms with Crippen molar-refractivity contribution in [3.05, 3.63) is 35.9 Å². The van der Waals surface area contributed by atoms with Gasteiger partial charge >= 0.3 is 5.97 Å². The minimum Gasteiger partial charge on any atom is -0.481 e. The molecule has 98 valence electrons. The van der Waals surface area contributed by atoms with Gasteiger partial charge in [-0.15, -0.1) is 0 Å². The molecule has 1 N–H and O–H groups in total. The maximum absolute atomic E-state index is 11.9. The first-order valence-corrected chi connectivity index (χ1v) is 6.58. The van der Waals surface area contributed by atoms with Crippen LogP contribution in [0.5, 0.6) is 0 Å². The van der Waals surface area contributed by atoms with E-state index in [0.717, 1.165) is 18.4 Å². The molecule has 3 nitrogen and oxygen atoms in total. The molecule has 1 fully saturated rings. The van der Waals surface area contributed by atoms with Crippen molar-refractivity contribution in [1.29, 1.82) is 0 Å². The van der Waals surface area contributed by atoms with E-state index in [1.165, 1.54) is 0 Å². The lowest BCUT2D eigenvalue weighted by Gasteiger charge is -2.39. The van der Waals surface area contributed by atoms with Crippen LogP contribution in [-0.4, -0.2) is 24.3 Å². The standard InChI is InChI=1S/C15H20O3/c1-2-15(14(16)17,12-6-4-3-5-7-12)13-8-10-18-11-9-13/h3-7,13H,2,8-11H2,1H3,(H,16,17). The van der Waals surface area contributed by atoms with Crippen molar-refractivity contribution in [1.82, 2.24) is 0 Å². The van der Waals surface area contributed by atoms with Crippen molar-refractivity contribution < 1.29 is 14.6 Å². The van der Waals surface area contributed by atoms with E-state index in [-0.39, 0.29) is 5.92 Å². The molecule has 1 aliphatic heterocycles. The van der Waals surface area contributed by atoms with Crippen molar-refractivity contribution in [2.45, 2.75) is 31.6 Å². The second-order valence-corrected chi connectivity index (χ2v) is 4.88. The fraction of sp³-hybridized carbons (Fsp3) is 0.533. The Bertz CT molecular complexity index is 395. The minimum atomic E-state index is -0.759. The first kappa shape index (κ1) is 13.1. The van der Waals surface area contributed by atoms with E-state index in [1.807, 2.05) is 37.3 Å². The van der Waals surface area contributed by atoms with Crippen molar-refractivity contribution in [3.8, 4) is 0 Å². The predicted octanol–water partition coefficient (Wildman–Crippen LogP) is 2.85. The highest BCUT2D eigenvalue weighted by Crippen LogP contribution is 2.41. The average molecular weight is 248 g/mol. The number of carboxylic acid groups (broad SMARTS) is 1.